The molecule has 0 bridgehead atoms. The van der Waals surface area contributed by atoms with Crippen LogP contribution in [-0.2, 0) is 10.3 Å². The average molecular weight is 392 g/mol. The summed E-state index contributed by atoms with van der Waals surface area (Å²) >= 11 is 0. The summed E-state index contributed by atoms with van der Waals surface area (Å²) in [5.74, 6) is 1.68. The average Bonchev–Trinajstić information content (AvgIpc) is 3.13. The summed E-state index contributed by atoms with van der Waals surface area (Å²) in [5, 5.41) is 1.25. The smallest absolute Gasteiger partial charge is 0.133 e. The SMILES string of the molecule is COC1=CC(C2C=C(C3(c4ccc(P)c(C)c4)CCC(C)=N3)C=CC2)CN=C1. The molecule has 0 saturated carbocycles. The third-order valence-corrected chi connectivity index (χ3v) is 6.90. The third-order valence-electron chi connectivity index (χ3n) is 6.25. The molecular formula is C24H29N2OP. The molecule has 0 saturated heterocycles. The molecule has 1 aliphatic carbocycles. The van der Waals surface area contributed by atoms with Crippen LogP contribution >= 0.6 is 9.24 Å². The molecule has 28 heavy (non-hydrogen) atoms. The molecule has 4 rings (SSSR count). The number of allylic oxidation sites excluding steroid dienone is 3. The largest absolute Gasteiger partial charge is 0.495 e. The van der Waals surface area contributed by atoms with E-state index in [1.807, 2.05) is 6.21 Å². The Bertz CT molecular complexity index is 925. The molecule has 3 aliphatic rings. The van der Waals surface area contributed by atoms with Crippen LogP contribution in [0.4, 0.5) is 0 Å². The van der Waals surface area contributed by atoms with Crippen molar-refractivity contribution in [2.45, 2.75) is 38.6 Å². The normalized spacial score (nSPS) is 29.4. The number of hydrogen-bond donors (Lipinski definition) is 0. The minimum Gasteiger partial charge on any atom is -0.495 e. The Balaban J connectivity index is 1.74. The molecule has 1 aromatic carbocycles. The van der Waals surface area contributed by atoms with Gasteiger partial charge in [0.1, 0.15) is 11.3 Å². The lowest BCUT2D eigenvalue weighted by molar-refractivity contribution is 0.305. The summed E-state index contributed by atoms with van der Waals surface area (Å²) in [6, 6.07) is 6.77. The molecule has 4 unspecified atom stereocenters. The van der Waals surface area contributed by atoms with Crippen molar-refractivity contribution in [2.75, 3.05) is 13.7 Å². The van der Waals surface area contributed by atoms with Gasteiger partial charge in [0.25, 0.3) is 0 Å². The molecule has 1 aromatic rings. The molecule has 4 atom stereocenters. The molecule has 146 valence electrons. The second kappa shape index (κ2) is 7.79. The fraction of sp³-hybridized carbons (Fsp3) is 0.417. The second-order valence-corrected chi connectivity index (χ2v) is 8.76. The zero-order chi connectivity index (χ0) is 19.7. The van der Waals surface area contributed by atoms with E-state index in [2.05, 4.69) is 70.6 Å². The molecule has 4 heteroatoms. The van der Waals surface area contributed by atoms with Gasteiger partial charge in [-0.1, -0.05) is 36.4 Å². The van der Waals surface area contributed by atoms with Crippen molar-refractivity contribution in [1.29, 1.82) is 0 Å². The first kappa shape index (κ1) is 19.3. The molecule has 0 aromatic heterocycles. The van der Waals surface area contributed by atoms with Crippen LogP contribution in [-0.4, -0.2) is 25.6 Å². The summed E-state index contributed by atoms with van der Waals surface area (Å²) in [7, 11) is 4.54. The molecule has 0 amide bonds. The molecule has 0 fully saturated rings. The van der Waals surface area contributed by atoms with E-state index in [0.717, 1.165) is 31.6 Å². The number of aliphatic imine (C=N–C) groups is 2. The van der Waals surface area contributed by atoms with Crippen LogP contribution in [0.1, 0.15) is 37.3 Å². The van der Waals surface area contributed by atoms with Crippen LogP contribution in [0.2, 0.25) is 0 Å². The van der Waals surface area contributed by atoms with Gasteiger partial charge >= 0.3 is 0 Å². The fourth-order valence-electron chi connectivity index (χ4n) is 4.55. The highest BCUT2D eigenvalue weighted by molar-refractivity contribution is 7.27. The van der Waals surface area contributed by atoms with Gasteiger partial charge in [0.15, 0.2) is 0 Å². The summed E-state index contributed by atoms with van der Waals surface area (Å²) in [6.07, 6.45) is 14.3. The quantitative estimate of drug-likeness (QED) is 0.685. The zero-order valence-electron chi connectivity index (χ0n) is 17.0. The summed E-state index contributed by atoms with van der Waals surface area (Å²) in [6.45, 7) is 5.16. The maximum Gasteiger partial charge on any atom is 0.133 e. The van der Waals surface area contributed by atoms with Crippen LogP contribution in [0.15, 0.2) is 63.8 Å². The zero-order valence-corrected chi connectivity index (χ0v) is 18.1. The number of hydrogen-bond acceptors (Lipinski definition) is 3. The topological polar surface area (TPSA) is 34.0 Å². The van der Waals surface area contributed by atoms with Crippen LogP contribution in [0.25, 0.3) is 0 Å². The van der Waals surface area contributed by atoms with E-state index < -0.39 is 0 Å². The second-order valence-electron chi connectivity index (χ2n) is 8.13. The van der Waals surface area contributed by atoms with Crippen molar-refractivity contribution in [3.63, 3.8) is 0 Å². The highest BCUT2D eigenvalue weighted by Gasteiger charge is 2.40. The third kappa shape index (κ3) is 3.53. The fourth-order valence-corrected chi connectivity index (χ4v) is 4.73. The van der Waals surface area contributed by atoms with E-state index in [4.69, 9.17) is 9.73 Å². The standard InChI is InChI=1S/C24H29N2OP/c1-16-11-21(7-8-23(16)28)24(10-9-17(2)26-24)20-6-4-5-18(12-20)19-13-22(27-3)15-25-14-19/h4,6-8,11-13,15,18-19H,5,9-10,14,28H2,1-3H3. The first-order valence-corrected chi connectivity index (χ1v) is 10.7. The minimum atomic E-state index is -0.256. The van der Waals surface area contributed by atoms with Crippen molar-refractivity contribution >= 4 is 26.5 Å². The summed E-state index contributed by atoms with van der Waals surface area (Å²) < 4.78 is 5.42. The molecule has 2 heterocycles. The maximum atomic E-state index is 5.42. The molecule has 2 aliphatic heterocycles. The Kier molecular flexibility index (Phi) is 5.38. The number of methoxy groups -OCH3 is 1. The van der Waals surface area contributed by atoms with Gasteiger partial charge in [-0.3, -0.25) is 9.98 Å². The number of benzene rings is 1. The first-order valence-electron chi connectivity index (χ1n) is 10.1. The van der Waals surface area contributed by atoms with Gasteiger partial charge in [-0.25, -0.2) is 0 Å². The van der Waals surface area contributed by atoms with E-state index >= 15 is 0 Å². The number of dihydropyridines is 1. The Morgan fingerprint density at radius 1 is 1.18 bits per heavy atom. The predicted molar refractivity (Wildman–Crippen MR) is 122 cm³/mol. The molecule has 0 radical (unpaired) electrons. The molecule has 0 spiro atoms. The summed E-state index contributed by atoms with van der Waals surface area (Å²) in [4.78, 5) is 9.73. The van der Waals surface area contributed by atoms with Gasteiger partial charge in [-0.15, -0.1) is 9.24 Å². The van der Waals surface area contributed by atoms with Gasteiger partial charge in [-0.2, -0.15) is 0 Å². The van der Waals surface area contributed by atoms with Crippen molar-refractivity contribution in [3.8, 4) is 0 Å². The van der Waals surface area contributed by atoms with E-state index in [1.54, 1.807) is 7.11 Å². The van der Waals surface area contributed by atoms with Crippen LogP contribution < -0.4 is 5.30 Å². The highest BCUT2D eigenvalue weighted by Crippen LogP contribution is 2.46. The predicted octanol–water partition coefficient (Wildman–Crippen LogP) is 4.68. The maximum absolute atomic E-state index is 5.42. The van der Waals surface area contributed by atoms with Crippen LogP contribution in [0.3, 0.4) is 0 Å². The van der Waals surface area contributed by atoms with E-state index in [9.17, 15) is 0 Å². The number of nitrogens with zero attached hydrogens (tertiary/aromatic N) is 2. The Morgan fingerprint density at radius 2 is 2.04 bits per heavy atom. The van der Waals surface area contributed by atoms with Crippen LogP contribution in [0.5, 0.6) is 0 Å². The number of ether oxygens (including phenoxy) is 1. The Morgan fingerprint density at radius 3 is 2.75 bits per heavy atom. The minimum absolute atomic E-state index is 0.256. The van der Waals surface area contributed by atoms with Gasteiger partial charge < -0.3 is 4.74 Å². The van der Waals surface area contributed by atoms with Gasteiger partial charge in [0.05, 0.1) is 13.3 Å². The highest BCUT2D eigenvalue weighted by atomic mass is 31.0. The monoisotopic (exact) mass is 392 g/mol. The van der Waals surface area contributed by atoms with Crippen molar-refractivity contribution < 1.29 is 4.74 Å². The van der Waals surface area contributed by atoms with Gasteiger partial charge in [0, 0.05) is 18.2 Å². The lowest BCUT2D eigenvalue weighted by Crippen LogP contribution is -2.27. The van der Waals surface area contributed by atoms with E-state index in [-0.39, 0.29) is 5.54 Å². The summed E-state index contributed by atoms with van der Waals surface area (Å²) in [5.41, 5.74) is 4.92. The van der Waals surface area contributed by atoms with Crippen LogP contribution in [0, 0.1) is 18.8 Å². The van der Waals surface area contributed by atoms with Gasteiger partial charge in [-0.05, 0) is 67.1 Å². The van der Waals surface area contributed by atoms with Crippen molar-refractivity contribution in [3.05, 3.63) is 65.0 Å². The van der Waals surface area contributed by atoms with E-state index in [1.165, 1.54) is 27.7 Å². The molecular weight excluding hydrogens is 363 g/mol. The van der Waals surface area contributed by atoms with Crippen molar-refractivity contribution in [2.24, 2.45) is 21.8 Å². The number of rotatable bonds is 4. The molecule has 0 N–H and O–H groups in total. The lowest BCUT2D eigenvalue weighted by Gasteiger charge is -2.33. The van der Waals surface area contributed by atoms with Gasteiger partial charge in [0.2, 0.25) is 0 Å². The lowest BCUT2D eigenvalue weighted by atomic mass is 9.74. The van der Waals surface area contributed by atoms with Crippen molar-refractivity contribution in [1.82, 2.24) is 0 Å². The Hall–Kier alpha value is -1.99. The van der Waals surface area contributed by atoms with E-state index in [0.29, 0.717) is 11.8 Å². The Labute approximate surface area is 170 Å². The number of aryl methyl sites for hydroxylation is 1. The molecule has 3 nitrogen and oxygen atoms in total. The first-order chi connectivity index (χ1) is 13.5.